The van der Waals surface area contributed by atoms with E-state index in [0.717, 1.165) is 57.8 Å². The maximum atomic E-state index is 12.8. The van der Waals surface area contributed by atoms with Crippen molar-refractivity contribution < 1.29 is 63.1 Å². The predicted molar refractivity (Wildman–Crippen MR) is 226 cm³/mol. The summed E-state index contributed by atoms with van der Waals surface area (Å²) in [4.78, 5) is 35.7. The molecular weight excluding hydrogens is 767 g/mol. The van der Waals surface area contributed by atoms with Crippen LogP contribution in [0.2, 0.25) is 0 Å². The third-order valence-electron chi connectivity index (χ3n) is 10.9. The van der Waals surface area contributed by atoms with Crippen LogP contribution in [0.25, 0.3) is 0 Å². The maximum Gasteiger partial charge on any atom is 0.472 e. The van der Waals surface area contributed by atoms with Crippen LogP contribution in [0.5, 0.6) is 0 Å². The first kappa shape index (κ1) is 54.6. The van der Waals surface area contributed by atoms with Gasteiger partial charge >= 0.3 is 19.8 Å². The molecule has 0 aromatic carbocycles. The van der Waals surface area contributed by atoms with Crippen molar-refractivity contribution in [1.29, 1.82) is 0 Å². The molecular formula is C44H83O13P. The van der Waals surface area contributed by atoms with Crippen LogP contribution >= 0.6 is 7.82 Å². The van der Waals surface area contributed by atoms with Crippen LogP contribution in [-0.4, -0.2) is 98.3 Å². The van der Waals surface area contributed by atoms with Gasteiger partial charge in [0.05, 0.1) is 6.61 Å². The number of ether oxygens (including phenoxy) is 2. The number of hydrogen-bond donors (Lipinski definition) is 6. The van der Waals surface area contributed by atoms with Crippen molar-refractivity contribution >= 4 is 19.8 Å². The third kappa shape index (κ3) is 27.4. The van der Waals surface area contributed by atoms with Crippen molar-refractivity contribution in [2.24, 2.45) is 0 Å². The Hall–Kier alpha value is -1.41. The van der Waals surface area contributed by atoms with Gasteiger partial charge < -0.3 is 39.9 Å². The van der Waals surface area contributed by atoms with Crippen LogP contribution in [0.1, 0.15) is 200 Å². The fourth-order valence-corrected chi connectivity index (χ4v) is 8.08. The zero-order valence-corrected chi connectivity index (χ0v) is 37.0. The van der Waals surface area contributed by atoms with Gasteiger partial charge in [0.25, 0.3) is 0 Å². The van der Waals surface area contributed by atoms with Crippen molar-refractivity contribution in [3.8, 4) is 0 Å². The first-order valence-corrected chi connectivity index (χ1v) is 24.5. The lowest BCUT2D eigenvalue weighted by atomic mass is 9.85. The summed E-state index contributed by atoms with van der Waals surface area (Å²) in [5.74, 6) is -1.10. The highest BCUT2D eigenvalue weighted by Crippen LogP contribution is 2.47. The van der Waals surface area contributed by atoms with Gasteiger partial charge in [-0.2, -0.15) is 0 Å². The fourth-order valence-electron chi connectivity index (χ4n) is 7.11. The third-order valence-corrected chi connectivity index (χ3v) is 11.8. The molecule has 1 aliphatic carbocycles. The van der Waals surface area contributed by atoms with E-state index in [4.69, 9.17) is 18.5 Å². The quantitative estimate of drug-likeness (QED) is 0.0149. The number of carbonyl (C=O) groups is 2. The van der Waals surface area contributed by atoms with Crippen molar-refractivity contribution in [3.63, 3.8) is 0 Å². The minimum Gasteiger partial charge on any atom is -0.462 e. The van der Waals surface area contributed by atoms with E-state index in [1.54, 1.807) is 0 Å². The zero-order valence-electron chi connectivity index (χ0n) is 36.1. The number of aliphatic hydroxyl groups excluding tert-OH is 5. The Labute approximate surface area is 350 Å². The van der Waals surface area contributed by atoms with Gasteiger partial charge in [-0.05, 0) is 38.5 Å². The molecule has 1 rings (SSSR count). The number of esters is 2. The Morgan fingerprint density at radius 3 is 1.31 bits per heavy atom. The lowest BCUT2D eigenvalue weighted by Gasteiger charge is -2.41. The minimum absolute atomic E-state index is 0.101. The molecule has 0 aromatic heterocycles. The lowest BCUT2D eigenvalue weighted by Crippen LogP contribution is -2.64. The molecule has 0 aliphatic heterocycles. The Kier molecular flexibility index (Phi) is 33.2. The van der Waals surface area contributed by atoms with Crippen molar-refractivity contribution in [2.45, 2.75) is 243 Å². The highest BCUT2D eigenvalue weighted by Gasteiger charge is 2.51. The summed E-state index contributed by atoms with van der Waals surface area (Å²) in [6.45, 7) is 3.29. The van der Waals surface area contributed by atoms with Crippen molar-refractivity contribution in [3.05, 3.63) is 12.2 Å². The molecule has 0 bridgehead atoms. The van der Waals surface area contributed by atoms with E-state index in [-0.39, 0.29) is 12.8 Å². The number of rotatable bonds is 38. The zero-order chi connectivity index (χ0) is 42.9. The van der Waals surface area contributed by atoms with Crippen LogP contribution < -0.4 is 0 Å². The molecule has 13 nitrogen and oxygen atoms in total. The Balaban J connectivity index is 2.46. The number of allylic oxidation sites excluding steroid dienone is 2. The van der Waals surface area contributed by atoms with Crippen LogP contribution in [0.15, 0.2) is 12.2 Å². The van der Waals surface area contributed by atoms with E-state index in [1.807, 2.05) is 0 Å². The summed E-state index contributed by atoms with van der Waals surface area (Å²) < 4.78 is 33.5. The lowest BCUT2D eigenvalue weighted by molar-refractivity contribution is -0.220. The molecule has 58 heavy (non-hydrogen) atoms. The van der Waals surface area contributed by atoms with E-state index < -0.39 is 75.7 Å². The molecule has 6 N–H and O–H groups in total. The minimum atomic E-state index is -5.11. The molecule has 0 saturated heterocycles. The fraction of sp³-hybridized carbons (Fsp3) is 0.909. The van der Waals surface area contributed by atoms with E-state index in [0.29, 0.717) is 12.8 Å². The van der Waals surface area contributed by atoms with E-state index in [1.165, 1.54) is 103 Å². The monoisotopic (exact) mass is 851 g/mol. The topological polar surface area (TPSA) is 210 Å². The SMILES string of the molecule is CCCCCCC/C=C/CCCCCCCC(=O)OC[C@H](COP(=O)(O)OC1C(O)C(O)C(O)[C@H](O)C1O)OC(=O)CCCCCCCCCCCCCCCCC. The van der Waals surface area contributed by atoms with Gasteiger partial charge in [0.15, 0.2) is 6.10 Å². The second-order valence-corrected chi connectivity index (χ2v) is 17.7. The highest BCUT2D eigenvalue weighted by molar-refractivity contribution is 7.47. The molecule has 342 valence electrons. The smallest absolute Gasteiger partial charge is 0.462 e. The van der Waals surface area contributed by atoms with Gasteiger partial charge in [-0.1, -0.05) is 161 Å². The Morgan fingerprint density at radius 2 is 0.879 bits per heavy atom. The van der Waals surface area contributed by atoms with Gasteiger partial charge in [-0.25, -0.2) is 4.57 Å². The number of hydrogen-bond acceptors (Lipinski definition) is 12. The van der Waals surface area contributed by atoms with Gasteiger partial charge in [0, 0.05) is 12.8 Å². The summed E-state index contributed by atoms with van der Waals surface area (Å²) in [5, 5.41) is 50.1. The number of phosphoric acid groups is 1. The molecule has 0 heterocycles. The molecule has 6 unspecified atom stereocenters. The van der Waals surface area contributed by atoms with Crippen LogP contribution in [0.3, 0.4) is 0 Å². The molecule has 1 fully saturated rings. The summed E-state index contributed by atoms with van der Waals surface area (Å²) >= 11 is 0. The average Bonchev–Trinajstić information content (AvgIpc) is 3.20. The standard InChI is InChI=1S/C44H83O13P/c1-3-5-7-9-11-13-15-17-19-21-23-25-27-29-31-33-38(46)56-36(35-55-58(52,53)57-44-42(50)40(48)39(47)41(49)43(44)51)34-54-37(45)32-30-28-26-24-22-20-18-16-14-12-10-8-6-4-2/h16,18,36,39-44,47-51H,3-15,17,19-35H2,1-2H3,(H,52,53)/b18-16+/t36-,39?,40+,41?,42?,43?,44?/m1/s1. The first-order valence-electron chi connectivity index (χ1n) is 23.0. The molecule has 0 amide bonds. The second-order valence-electron chi connectivity index (χ2n) is 16.3. The molecule has 8 atom stereocenters. The largest absolute Gasteiger partial charge is 0.472 e. The molecule has 1 saturated carbocycles. The number of aliphatic hydroxyl groups is 5. The predicted octanol–water partition coefficient (Wildman–Crippen LogP) is 8.67. The summed E-state index contributed by atoms with van der Waals surface area (Å²) in [6, 6.07) is 0. The van der Waals surface area contributed by atoms with Gasteiger partial charge in [-0.3, -0.25) is 18.6 Å². The molecule has 1 aliphatic rings. The van der Waals surface area contributed by atoms with Crippen LogP contribution in [0, 0.1) is 0 Å². The van der Waals surface area contributed by atoms with E-state index in [9.17, 15) is 44.6 Å². The number of unbranched alkanes of at least 4 members (excludes halogenated alkanes) is 24. The number of phosphoric ester groups is 1. The van der Waals surface area contributed by atoms with Gasteiger partial charge in [0.1, 0.15) is 43.2 Å². The van der Waals surface area contributed by atoms with Crippen LogP contribution in [0.4, 0.5) is 0 Å². The maximum absolute atomic E-state index is 12.8. The summed E-state index contributed by atoms with van der Waals surface area (Å²) in [7, 11) is -5.11. The summed E-state index contributed by atoms with van der Waals surface area (Å²) in [5.41, 5.74) is 0. The first-order chi connectivity index (χ1) is 27.9. The molecule has 0 radical (unpaired) electrons. The Morgan fingerprint density at radius 1 is 0.517 bits per heavy atom. The van der Waals surface area contributed by atoms with Crippen LogP contribution in [-0.2, 0) is 32.7 Å². The second kappa shape index (κ2) is 35.2. The molecule has 14 heteroatoms. The van der Waals surface area contributed by atoms with Gasteiger partial charge in [0.2, 0.25) is 0 Å². The average molecular weight is 851 g/mol. The number of carbonyl (C=O) groups excluding carboxylic acids is 2. The molecule has 0 spiro atoms. The summed E-state index contributed by atoms with van der Waals surface area (Å²) in [6.07, 6.45) is 22.6. The molecule has 0 aromatic rings. The normalized spacial score (nSPS) is 22.6. The highest BCUT2D eigenvalue weighted by atomic mass is 31.2. The Bertz CT molecular complexity index is 1080. The van der Waals surface area contributed by atoms with Crippen molar-refractivity contribution in [2.75, 3.05) is 13.2 Å². The van der Waals surface area contributed by atoms with Crippen molar-refractivity contribution in [1.82, 2.24) is 0 Å². The van der Waals surface area contributed by atoms with E-state index >= 15 is 0 Å². The van der Waals surface area contributed by atoms with E-state index in [2.05, 4.69) is 26.0 Å². The van der Waals surface area contributed by atoms with Gasteiger partial charge in [-0.15, -0.1) is 0 Å².